The number of sulfone groups is 1. The molecule has 0 aliphatic carbocycles. The molecule has 0 bridgehead atoms. The fourth-order valence-corrected chi connectivity index (χ4v) is 5.14. The molecule has 0 N–H and O–H groups in total. The molecular formula is C23H22N2O5S2. The van der Waals surface area contributed by atoms with Gasteiger partial charge in [-0.05, 0) is 49.4 Å². The molecule has 0 aliphatic rings. The number of hydrogen-bond acceptors (Lipinski definition) is 7. The maximum atomic E-state index is 13.6. The first kappa shape index (κ1) is 22.0. The van der Waals surface area contributed by atoms with Crippen molar-refractivity contribution in [3.8, 4) is 5.75 Å². The number of carbonyl (C=O) groups is 1. The van der Waals surface area contributed by atoms with Gasteiger partial charge in [0.05, 0.1) is 34.8 Å². The summed E-state index contributed by atoms with van der Waals surface area (Å²) >= 11 is 1.36. The van der Waals surface area contributed by atoms with Crippen molar-refractivity contribution in [1.29, 1.82) is 0 Å². The van der Waals surface area contributed by atoms with Gasteiger partial charge in [0.2, 0.25) is 0 Å². The Balaban J connectivity index is 1.78. The van der Waals surface area contributed by atoms with Gasteiger partial charge in [0.1, 0.15) is 17.0 Å². The monoisotopic (exact) mass is 470 g/mol. The number of ether oxygens (including phenoxy) is 1. The molecule has 0 aliphatic heterocycles. The van der Waals surface area contributed by atoms with Crippen LogP contribution < -0.4 is 9.64 Å². The first-order valence-electron chi connectivity index (χ1n) is 10.1. The number of amides is 1. The van der Waals surface area contributed by atoms with Crippen LogP contribution in [-0.2, 0) is 16.4 Å². The predicted octanol–water partition coefficient (Wildman–Crippen LogP) is 4.93. The van der Waals surface area contributed by atoms with Crippen molar-refractivity contribution in [3.05, 3.63) is 72.2 Å². The minimum atomic E-state index is -3.45. The number of carbonyl (C=O) groups excluding carboxylic acids is 1. The molecule has 0 saturated carbocycles. The smallest absolute Gasteiger partial charge is 0.260 e. The lowest BCUT2D eigenvalue weighted by atomic mass is 10.2. The molecule has 0 unspecified atom stereocenters. The zero-order chi connectivity index (χ0) is 22.7. The largest absolute Gasteiger partial charge is 0.492 e. The molecule has 166 valence electrons. The van der Waals surface area contributed by atoms with E-state index in [2.05, 4.69) is 4.98 Å². The molecule has 0 saturated heterocycles. The lowest BCUT2D eigenvalue weighted by Gasteiger charge is -2.19. The van der Waals surface area contributed by atoms with Crippen LogP contribution >= 0.6 is 11.3 Å². The highest BCUT2D eigenvalue weighted by Gasteiger charge is 2.25. The Labute approximate surface area is 190 Å². The van der Waals surface area contributed by atoms with Crippen molar-refractivity contribution < 1.29 is 22.4 Å². The summed E-state index contributed by atoms with van der Waals surface area (Å²) in [5.41, 5.74) is 0.935. The van der Waals surface area contributed by atoms with Crippen molar-refractivity contribution in [2.24, 2.45) is 0 Å². The minimum absolute atomic E-state index is 0.0428. The van der Waals surface area contributed by atoms with Crippen LogP contribution in [0.5, 0.6) is 5.75 Å². The van der Waals surface area contributed by atoms with Gasteiger partial charge < -0.3 is 9.15 Å². The Morgan fingerprint density at radius 2 is 1.94 bits per heavy atom. The fraction of sp³-hybridized carbons (Fsp3) is 0.217. The van der Waals surface area contributed by atoms with Crippen LogP contribution in [0.2, 0.25) is 0 Å². The molecule has 0 atom stereocenters. The minimum Gasteiger partial charge on any atom is -0.492 e. The first-order valence-corrected chi connectivity index (χ1v) is 12.6. The molecule has 4 rings (SSSR count). The van der Waals surface area contributed by atoms with E-state index in [-0.39, 0.29) is 28.7 Å². The van der Waals surface area contributed by atoms with E-state index in [0.717, 1.165) is 4.70 Å². The number of fused-ring (bicyclic) bond motifs is 1. The summed E-state index contributed by atoms with van der Waals surface area (Å²) < 4.78 is 36.7. The van der Waals surface area contributed by atoms with E-state index in [4.69, 9.17) is 9.15 Å². The second-order valence-corrected chi connectivity index (χ2v) is 10.2. The Hall–Kier alpha value is -3.17. The third kappa shape index (κ3) is 4.39. The van der Waals surface area contributed by atoms with Gasteiger partial charge in [-0.2, -0.15) is 0 Å². The Bertz CT molecular complexity index is 1340. The van der Waals surface area contributed by atoms with Gasteiger partial charge in [-0.3, -0.25) is 9.69 Å². The van der Waals surface area contributed by atoms with Crippen LogP contribution in [0.4, 0.5) is 5.13 Å². The standard InChI is InChI=1S/C23H22N2O5S2/c1-3-29-19-11-6-12-20-21(19)24-23(31-20)25(15-17-9-7-13-30-17)22(26)16-8-5-10-18(14-16)32(27,28)4-2/h5-14H,3-4,15H2,1-2H3. The lowest BCUT2D eigenvalue weighted by molar-refractivity contribution is 0.0983. The number of hydrogen-bond donors (Lipinski definition) is 0. The normalized spacial score (nSPS) is 11.6. The summed E-state index contributed by atoms with van der Waals surface area (Å²) in [5.74, 6) is 0.819. The lowest BCUT2D eigenvalue weighted by Crippen LogP contribution is -2.30. The van der Waals surface area contributed by atoms with Crippen LogP contribution in [0, 0.1) is 0 Å². The second-order valence-electron chi connectivity index (χ2n) is 6.93. The molecule has 0 spiro atoms. The molecule has 7 nitrogen and oxygen atoms in total. The van der Waals surface area contributed by atoms with Crippen molar-refractivity contribution in [1.82, 2.24) is 4.98 Å². The summed E-state index contributed by atoms with van der Waals surface area (Å²) in [7, 11) is -3.45. The SMILES string of the molecule is CCOc1cccc2sc(N(Cc3ccco3)C(=O)c3cccc(S(=O)(=O)CC)c3)nc12. The Morgan fingerprint density at radius 3 is 2.66 bits per heavy atom. The van der Waals surface area contributed by atoms with Crippen LogP contribution in [0.3, 0.4) is 0 Å². The number of para-hydroxylation sites is 1. The average Bonchev–Trinajstić information content (AvgIpc) is 3.47. The fourth-order valence-electron chi connectivity index (χ4n) is 3.23. The number of thiazole rings is 1. The van der Waals surface area contributed by atoms with Gasteiger partial charge in [-0.25, -0.2) is 13.4 Å². The van der Waals surface area contributed by atoms with Crippen molar-refractivity contribution in [2.45, 2.75) is 25.3 Å². The number of benzene rings is 2. The van der Waals surface area contributed by atoms with E-state index in [9.17, 15) is 13.2 Å². The van der Waals surface area contributed by atoms with E-state index >= 15 is 0 Å². The van der Waals surface area contributed by atoms with Gasteiger partial charge in [-0.15, -0.1) is 0 Å². The molecule has 0 radical (unpaired) electrons. The quantitative estimate of drug-likeness (QED) is 0.363. The Morgan fingerprint density at radius 1 is 1.12 bits per heavy atom. The molecule has 4 aromatic rings. The van der Waals surface area contributed by atoms with Crippen LogP contribution in [0.25, 0.3) is 10.2 Å². The highest BCUT2D eigenvalue weighted by Crippen LogP contribution is 2.35. The van der Waals surface area contributed by atoms with Gasteiger partial charge in [-0.1, -0.05) is 30.4 Å². The number of nitrogens with zero attached hydrogens (tertiary/aromatic N) is 2. The molecule has 2 aromatic heterocycles. The molecule has 2 heterocycles. The molecule has 0 fully saturated rings. The maximum Gasteiger partial charge on any atom is 0.260 e. The Kier molecular flexibility index (Phi) is 6.29. The van der Waals surface area contributed by atoms with Crippen molar-refractivity contribution >= 4 is 42.4 Å². The van der Waals surface area contributed by atoms with E-state index in [1.165, 1.54) is 34.6 Å². The van der Waals surface area contributed by atoms with Crippen LogP contribution in [0.15, 0.2) is 70.2 Å². The third-order valence-electron chi connectivity index (χ3n) is 4.86. The predicted molar refractivity (Wildman–Crippen MR) is 124 cm³/mol. The summed E-state index contributed by atoms with van der Waals surface area (Å²) in [5, 5.41) is 0.470. The highest BCUT2D eigenvalue weighted by atomic mass is 32.2. The number of anilines is 1. The van der Waals surface area contributed by atoms with E-state index in [0.29, 0.717) is 28.8 Å². The zero-order valence-electron chi connectivity index (χ0n) is 17.6. The highest BCUT2D eigenvalue weighted by molar-refractivity contribution is 7.91. The molecular weight excluding hydrogens is 448 g/mol. The number of aromatic nitrogens is 1. The van der Waals surface area contributed by atoms with Gasteiger partial charge in [0, 0.05) is 5.56 Å². The number of furan rings is 1. The average molecular weight is 471 g/mol. The van der Waals surface area contributed by atoms with E-state index in [1.54, 1.807) is 31.2 Å². The first-order chi connectivity index (χ1) is 15.4. The summed E-state index contributed by atoms with van der Waals surface area (Å²) in [6, 6.07) is 15.3. The van der Waals surface area contributed by atoms with Crippen molar-refractivity contribution in [2.75, 3.05) is 17.3 Å². The second kappa shape index (κ2) is 9.13. The molecule has 2 aromatic carbocycles. The van der Waals surface area contributed by atoms with Gasteiger partial charge in [0.25, 0.3) is 5.91 Å². The van der Waals surface area contributed by atoms with Crippen LogP contribution in [-0.4, -0.2) is 31.7 Å². The molecule has 1 amide bonds. The zero-order valence-corrected chi connectivity index (χ0v) is 19.3. The van der Waals surface area contributed by atoms with Crippen LogP contribution in [0.1, 0.15) is 30.0 Å². The topological polar surface area (TPSA) is 89.7 Å². The third-order valence-corrected chi connectivity index (χ3v) is 7.64. The number of rotatable bonds is 8. The summed E-state index contributed by atoms with van der Waals surface area (Å²) in [6.07, 6.45) is 1.54. The summed E-state index contributed by atoms with van der Waals surface area (Å²) in [6.45, 7) is 4.13. The van der Waals surface area contributed by atoms with Crippen molar-refractivity contribution in [3.63, 3.8) is 0 Å². The van der Waals surface area contributed by atoms with E-state index < -0.39 is 9.84 Å². The summed E-state index contributed by atoms with van der Waals surface area (Å²) in [4.78, 5) is 19.9. The maximum absolute atomic E-state index is 13.6. The van der Waals surface area contributed by atoms with Gasteiger partial charge >= 0.3 is 0 Å². The van der Waals surface area contributed by atoms with E-state index in [1.807, 2.05) is 25.1 Å². The molecule has 32 heavy (non-hydrogen) atoms. The van der Waals surface area contributed by atoms with Gasteiger partial charge in [0.15, 0.2) is 15.0 Å². The molecule has 9 heteroatoms.